The molecule has 1 heterocycles. The predicted molar refractivity (Wildman–Crippen MR) is 101 cm³/mol. The molecule has 0 aromatic heterocycles. The van der Waals surface area contributed by atoms with E-state index in [1.165, 1.54) is 12.1 Å². The summed E-state index contributed by atoms with van der Waals surface area (Å²) in [4.78, 5) is 12.3. The van der Waals surface area contributed by atoms with Crippen LogP contribution < -0.4 is 15.4 Å². The van der Waals surface area contributed by atoms with Gasteiger partial charge in [-0.25, -0.2) is 0 Å². The minimum Gasteiger partial charge on any atom is -0.488 e. The summed E-state index contributed by atoms with van der Waals surface area (Å²) >= 11 is 0. The molecule has 1 aliphatic rings. The Morgan fingerprint density at radius 1 is 1.30 bits per heavy atom. The zero-order chi connectivity index (χ0) is 19.5. The van der Waals surface area contributed by atoms with E-state index in [-0.39, 0.29) is 48.1 Å². The van der Waals surface area contributed by atoms with Gasteiger partial charge in [-0.15, -0.1) is 12.4 Å². The van der Waals surface area contributed by atoms with E-state index in [0.717, 1.165) is 12.6 Å². The average molecular weight is 409 g/mol. The Hall–Kier alpha value is -1.47. The van der Waals surface area contributed by atoms with Crippen LogP contribution in [-0.4, -0.2) is 24.1 Å². The first-order chi connectivity index (χ1) is 12.0. The molecule has 8 heteroatoms. The van der Waals surface area contributed by atoms with Crippen molar-refractivity contribution in [2.45, 2.75) is 64.9 Å². The second kappa shape index (κ2) is 9.15. The Kier molecular flexibility index (Phi) is 7.99. The summed E-state index contributed by atoms with van der Waals surface area (Å²) in [5.74, 6) is -0.197. The van der Waals surface area contributed by atoms with E-state index < -0.39 is 17.3 Å². The first-order valence-corrected chi connectivity index (χ1v) is 8.86. The zero-order valence-electron chi connectivity index (χ0n) is 16.1. The standard InChI is InChI=1S/C19H27F3N2O2.ClH/c1-12-9-13(7-8-23-12)17(25)24-11-14-5-6-15(26-18(2,3)4)10-16(14)19(20,21)22;/h5-6,10,12-13,23H,7-9,11H2,1-4H3,(H,24,25);1H/t12-,13-;/m0./s1. The maximum absolute atomic E-state index is 13.4. The lowest BCUT2D eigenvalue weighted by atomic mass is 9.92. The highest BCUT2D eigenvalue weighted by Crippen LogP contribution is 2.35. The fourth-order valence-corrected chi connectivity index (χ4v) is 3.09. The number of rotatable bonds is 4. The van der Waals surface area contributed by atoms with Crippen LogP contribution in [0.1, 0.15) is 51.7 Å². The molecule has 2 atom stereocenters. The number of alkyl halides is 3. The second-order valence-corrected chi connectivity index (χ2v) is 7.83. The number of carbonyl (C=O) groups is 1. The monoisotopic (exact) mass is 408 g/mol. The summed E-state index contributed by atoms with van der Waals surface area (Å²) in [6, 6.07) is 4.11. The molecule has 1 amide bonds. The number of ether oxygens (including phenoxy) is 1. The number of halogens is 4. The van der Waals surface area contributed by atoms with Crippen LogP contribution in [0.15, 0.2) is 18.2 Å². The number of nitrogens with one attached hydrogen (secondary N) is 2. The van der Waals surface area contributed by atoms with Gasteiger partial charge in [0.15, 0.2) is 0 Å². The first-order valence-electron chi connectivity index (χ1n) is 8.86. The van der Waals surface area contributed by atoms with Crippen LogP contribution in [0.25, 0.3) is 0 Å². The fourth-order valence-electron chi connectivity index (χ4n) is 3.09. The quantitative estimate of drug-likeness (QED) is 0.780. The summed E-state index contributed by atoms with van der Waals surface area (Å²) in [5, 5.41) is 5.91. The van der Waals surface area contributed by atoms with E-state index in [1.54, 1.807) is 20.8 Å². The molecule has 0 radical (unpaired) electrons. The molecule has 4 nitrogen and oxygen atoms in total. The van der Waals surface area contributed by atoms with Crippen molar-refractivity contribution in [3.8, 4) is 5.75 Å². The van der Waals surface area contributed by atoms with Gasteiger partial charge in [-0.05, 0) is 64.8 Å². The number of carbonyl (C=O) groups excluding carboxylic acids is 1. The van der Waals surface area contributed by atoms with Gasteiger partial charge < -0.3 is 15.4 Å². The molecular formula is C19H28ClF3N2O2. The smallest absolute Gasteiger partial charge is 0.416 e. The summed E-state index contributed by atoms with van der Waals surface area (Å²) in [6.45, 7) is 7.90. The van der Waals surface area contributed by atoms with E-state index in [2.05, 4.69) is 10.6 Å². The molecule has 27 heavy (non-hydrogen) atoms. The molecule has 0 bridgehead atoms. The van der Waals surface area contributed by atoms with Crippen LogP contribution in [-0.2, 0) is 17.5 Å². The highest BCUT2D eigenvalue weighted by molar-refractivity contribution is 5.85. The predicted octanol–water partition coefficient (Wildman–Crippen LogP) is 4.31. The van der Waals surface area contributed by atoms with Gasteiger partial charge >= 0.3 is 6.18 Å². The molecule has 1 aromatic carbocycles. The van der Waals surface area contributed by atoms with Crippen molar-refractivity contribution < 1.29 is 22.7 Å². The number of piperidine rings is 1. The van der Waals surface area contributed by atoms with E-state index in [0.29, 0.717) is 12.8 Å². The third kappa shape index (κ3) is 7.22. The van der Waals surface area contributed by atoms with Crippen molar-refractivity contribution in [3.63, 3.8) is 0 Å². The van der Waals surface area contributed by atoms with Gasteiger partial charge in [0, 0.05) is 18.5 Å². The molecule has 1 aliphatic heterocycles. The summed E-state index contributed by atoms with van der Waals surface area (Å²) < 4.78 is 45.8. The Bertz CT molecular complexity index is 645. The topological polar surface area (TPSA) is 50.4 Å². The molecule has 0 unspecified atom stereocenters. The molecule has 2 N–H and O–H groups in total. The van der Waals surface area contributed by atoms with Crippen LogP contribution in [0.5, 0.6) is 5.75 Å². The molecule has 1 saturated heterocycles. The van der Waals surface area contributed by atoms with Crippen molar-refractivity contribution in [3.05, 3.63) is 29.3 Å². The highest BCUT2D eigenvalue weighted by atomic mass is 35.5. The van der Waals surface area contributed by atoms with Crippen molar-refractivity contribution in [2.75, 3.05) is 6.54 Å². The maximum Gasteiger partial charge on any atom is 0.416 e. The van der Waals surface area contributed by atoms with E-state index >= 15 is 0 Å². The van der Waals surface area contributed by atoms with Crippen molar-refractivity contribution in [1.82, 2.24) is 10.6 Å². The maximum atomic E-state index is 13.4. The Morgan fingerprint density at radius 3 is 2.52 bits per heavy atom. The van der Waals surface area contributed by atoms with Crippen LogP contribution in [0.4, 0.5) is 13.2 Å². The number of amides is 1. The summed E-state index contributed by atoms with van der Waals surface area (Å²) in [5.41, 5.74) is -1.34. The van der Waals surface area contributed by atoms with Gasteiger partial charge in [-0.3, -0.25) is 4.79 Å². The lowest BCUT2D eigenvalue weighted by Gasteiger charge is -2.27. The SMILES string of the molecule is C[C@H]1C[C@@H](C(=O)NCc2ccc(OC(C)(C)C)cc2C(F)(F)F)CCN1.Cl. The van der Waals surface area contributed by atoms with E-state index in [9.17, 15) is 18.0 Å². The first kappa shape index (κ1) is 23.6. The minimum atomic E-state index is -4.51. The normalized spacial score (nSPS) is 20.6. The van der Waals surface area contributed by atoms with Crippen LogP contribution >= 0.6 is 12.4 Å². The van der Waals surface area contributed by atoms with Gasteiger partial charge in [0.05, 0.1) is 5.56 Å². The molecule has 0 saturated carbocycles. The molecule has 0 spiro atoms. The lowest BCUT2D eigenvalue weighted by molar-refractivity contribution is -0.138. The van der Waals surface area contributed by atoms with Crippen molar-refractivity contribution in [1.29, 1.82) is 0 Å². The molecule has 1 aromatic rings. The van der Waals surface area contributed by atoms with Gasteiger partial charge in [-0.2, -0.15) is 13.2 Å². The largest absolute Gasteiger partial charge is 0.488 e. The van der Waals surface area contributed by atoms with Gasteiger partial charge in [0.25, 0.3) is 0 Å². The highest BCUT2D eigenvalue weighted by Gasteiger charge is 2.34. The minimum absolute atomic E-state index is 0. The summed E-state index contributed by atoms with van der Waals surface area (Å²) in [7, 11) is 0. The van der Waals surface area contributed by atoms with Gasteiger partial charge in [0.2, 0.25) is 5.91 Å². The Balaban J connectivity index is 0.00000364. The fraction of sp³-hybridized carbons (Fsp3) is 0.632. The Labute approximate surface area is 164 Å². The third-order valence-electron chi connectivity index (χ3n) is 4.26. The van der Waals surface area contributed by atoms with Crippen molar-refractivity contribution >= 4 is 18.3 Å². The third-order valence-corrected chi connectivity index (χ3v) is 4.26. The summed E-state index contributed by atoms with van der Waals surface area (Å²) in [6.07, 6.45) is -3.13. The second-order valence-electron chi connectivity index (χ2n) is 7.83. The van der Waals surface area contributed by atoms with Crippen LogP contribution in [0.2, 0.25) is 0 Å². The molecule has 0 aliphatic carbocycles. The molecule has 154 valence electrons. The zero-order valence-corrected chi connectivity index (χ0v) is 16.9. The van der Waals surface area contributed by atoms with Gasteiger partial charge in [0.1, 0.15) is 11.4 Å². The van der Waals surface area contributed by atoms with E-state index in [4.69, 9.17) is 4.74 Å². The molecule has 1 fully saturated rings. The van der Waals surface area contributed by atoms with Crippen molar-refractivity contribution in [2.24, 2.45) is 5.92 Å². The van der Waals surface area contributed by atoms with E-state index in [1.807, 2.05) is 6.92 Å². The lowest BCUT2D eigenvalue weighted by Crippen LogP contribution is -2.42. The number of benzene rings is 1. The molecule has 2 rings (SSSR count). The van der Waals surface area contributed by atoms with Crippen LogP contribution in [0.3, 0.4) is 0 Å². The molecular weight excluding hydrogens is 381 g/mol. The number of hydrogen-bond donors (Lipinski definition) is 2. The average Bonchev–Trinajstić information content (AvgIpc) is 2.51. The number of hydrogen-bond acceptors (Lipinski definition) is 3. The van der Waals surface area contributed by atoms with Crippen LogP contribution in [0, 0.1) is 5.92 Å². The Morgan fingerprint density at radius 2 is 1.96 bits per heavy atom. The van der Waals surface area contributed by atoms with Gasteiger partial charge in [-0.1, -0.05) is 6.07 Å².